The van der Waals surface area contributed by atoms with Gasteiger partial charge < -0.3 is 10.5 Å². The molecule has 0 aliphatic heterocycles. The zero-order valence-electron chi connectivity index (χ0n) is 12.0. The van der Waals surface area contributed by atoms with Gasteiger partial charge in [0.2, 0.25) is 0 Å². The lowest BCUT2D eigenvalue weighted by atomic mass is 9.99. The van der Waals surface area contributed by atoms with Crippen molar-refractivity contribution in [2.45, 2.75) is 33.9 Å². The van der Waals surface area contributed by atoms with Crippen molar-refractivity contribution in [1.29, 1.82) is 0 Å². The molecule has 4 nitrogen and oxygen atoms in total. The highest BCUT2D eigenvalue weighted by molar-refractivity contribution is 5.69. The van der Waals surface area contributed by atoms with E-state index in [0.717, 1.165) is 23.7 Å². The molecule has 2 aromatic rings. The van der Waals surface area contributed by atoms with Crippen molar-refractivity contribution in [3.8, 4) is 17.0 Å². The lowest BCUT2D eigenvalue weighted by Crippen LogP contribution is -2.06. The van der Waals surface area contributed by atoms with Gasteiger partial charge in [-0.05, 0) is 50.1 Å². The molecule has 1 heterocycles. The SMILES string of the molecule is CCn1nc(-c2c(C)cc(OC)cc2C)cc1CN. The topological polar surface area (TPSA) is 53.1 Å². The molecule has 0 spiro atoms. The molecule has 0 aliphatic rings. The summed E-state index contributed by atoms with van der Waals surface area (Å²) in [6.45, 7) is 7.58. The highest BCUT2D eigenvalue weighted by Crippen LogP contribution is 2.30. The normalized spacial score (nSPS) is 10.8. The van der Waals surface area contributed by atoms with Crippen LogP contribution in [0.3, 0.4) is 0 Å². The molecular weight excluding hydrogens is 238 g/mol. The number of methoxy groups -OCH3 is 1. The molecule has 0 atom stereocenters. The van der Waals surface area contributed by atoms with E-state index >= 15 is 0 Å². The molecule has 0 radical (unpaired) electrons. The number of aryl methyl sites for hydroxylation is 3. The van der Waals surface area contributed by atoms with Gasteiger partial charge in [-0.15, -0.1) is 0 Å². The number of nitrogens with zero attached hydrogens (tertiary/aromatic N) is 2. The molecule has 2 rings (SSSR count). The van der Waals surface area contributed by atoms with E-state index in [0.29, 0.717) is 6.54 Å². The highest BCUT2D eigenvalue weighted by atomic mass is 16.5. The first kappa shape index (κ1) is 13.6. The molecule has 1 aromatic heterocycles. The van der Waals surface area contributed by atoms with E-state index in [1.54, 1.807) is 7.11 Å². The van der Waals surface area contributed by atoms with Gasteiger partial charge in [0.25, 0.3) is 0 Å². The van der Waals surface area contributed by atoms with Crippen LogP contribution < -0.4 is 10.5 Å². The van der Waals surface area contributed by atoms with Crippen LogP contribution in [0.15, 0.2) is 18.2 Å². The Balaban J connectivity index is 2.55. The van der Waals surface area contributed by atoms with Crippen molar-refractivity contribution in [1.82, 2.24) is 9.78 Å². The van der Waals surface area contributed by atoms with Crippen LogP contribution in [0.25, 0.3) is 11.3 Å². The third-order valence-electron chi connectivity index (χ3n) is 3.37. The number of benzene rings is 1. The van der Waals surface area contributed by atoms with Crippen LogP contribution >= 0.6 is 0 Å². The largest absolute Gasteiger partial charge is 0.497 e. The second-order valence-corrected chi connectivity index (χ2v) is 4.68. The Hall–Kier alpha value is -1.81. The highest BCUT2D eigenvalue weighted by Gasteiger charge is 2.13. The Kier molecular flexibility index (Phi) is 3.90. The second-order valence-electron chi connectivity index (χ2n) is 4.68. The third-order valence-corrected chi connectivity index (χ3v) is 3.37. The summed E-state index contributed by atoms with van der Waals surface area (Å²) in [6.07, 6.45) is 0. The van der Waals surface area contributed by atoms with Crippen LogP contribution in [-0.4, -0.2) is 16.9 Å². The van der Waals surface area contributed by atoms with Crippen LogP contribution in [0.2, 0.25) is 0 Å². The molecule has 0 unspecified atom stereocenters. The zero-order chi connectivity index (χ0) is 14.0. The van der Waals surface area contributed by atoms with Gasteiger partial charge in [-0.1, -0.05) is 0 Å². The molecule has 0 saturated carbocycles. The predicted molar refractivity (Wildman–Crippen MR) is 77.3 cm³/mol. The minimum atomic E-state index is 0.509. The second kappa shape index (κ2) is 5.45. The minimum Gasteiger partial charge on any atom is -0.497 e. The maximum Gasteiger partial charge on any atom is 0.119 e. The molecule has 0 amide bonds. The Morgan fingerprint density at radius 1 is 1.21 bits per heavy atom. The van der Waals surface area contributed by atoms with Gasteiger partial charge in [-0.2, -0.15) is 5.10 Å². The van der Waals surface area contributed by atoms with Gasteiger partial charge in [0.05, 0.1) is 18.5 Å². The quantitative estimate of drug-likeness (QED) is 0.918. The maximum atomic E-state index is 5.76. The summed E-state index contributed by atoms with van der Waals surface area (Å²) < 4.78 is 7.25. The Morgan fingerprint density at radius 3 is 2.26 bits per heavy atom. The smallest absolute Gasteiger partial charge is 0.119 e. The van der Waals surface area contributed by atoms with Gasteiger partial charge in [0.1, 0.15) is 5.75 Å². The summed E-state index contributed by atoms with van der Waals surface area (Å²) in [5, 5.41) is 4.64. The molecule has 2 N–H and O–H groups in total. The van der Waals surface area contributed by atoms with Crippen LogP contribution in [-0.2, 0) is 13.1 Å². The monoisotopic (exact) mass is 259 g/mol. The molecule has 0 fully saturated rings. The summed E-state index contributed by atoms with van der Waals surface area (Å²) in [4.78, 5) is 0. The van der Waals surface area contributed by atoms with Gasteiger partial charge in [-0.3, -0.25) is 4.68 Å². The van der Waals surface area contributed by atoms with E-state index in [1.807, 2.05) is 16.8 Å². The van der Waals surface area contributed by atoms with Crippen molar-refractivity contribution >= 4 is 0 Å². The van der Waals surface area contributed by atoms with Crippen LogP contribution in [0.5, 0.6) is 5.75 Å². The van der Waals surface area contributed by atoms with Gasteiger partial charge in [-0.25, -0.2) is 0 Å². The average Bonchev–Trinajstić information content (AvgIpc) is 2.80. The fraction of sp³-hybridized carbons (Fsp3) is 0.400. The van der Waals surface area contributed by atoms with Crippen molar-refractivity contribution < 1.29 is 4.74 Å². The van der Waals surface area contributed by atoms with E-state index in [9.17, 15) is 0 Å². The van der Waals surface area contributed by atoms with Crippen LogP contribution in [0, 0.1) is 13.8 Å². The van der Waals surface area contributed by atoms with Crippen LogP contribution in [0.1, 0.15) is 23.7 Å². The lowest BCUT2D eigenvalue weighted by Gasteiger charge is -2.10. The van der Waals surface area contributed by atoms with E-state index in [1.165, 1.54) is 16.7 Å². The molecule has 0 bridgehead atoms. The lowest BCUT2D eigenvalue weighted by molar-refractivity contribution is 0.414. The Morgan fingerprint density at radius 2 is 1.84 bits per heavy atom. The number of nitrogens with two attached hydrogens (primary N) is 1. The number of hydrogen-bond acceptors (Lipinski definition) is 3. The Labute approximate surface area is 114 Å². The third kappa shape index (κ3) is 2.49. The zero-order valence-corrected chi connectivity index (χ0v) is 12.0. The molecule has 102 valence electrons. The number of hydrogen-bond donors (Lipinski definition) is 1. The fourth-order valence-corrected chi connectivity index (χ4v) is 2.46. The number of rotatable bonds is 4. The molecule has 0 aliphatic carbocycles. The van der Waals surface area contributed by atoms with Crippen LogP contribution in [0.4, 0.5) is 0 Å². The summed E-state index contributed by atoms with van der Waals surface area (Å²) in [7, 11) is 1.69. The van der Waals surface area contributed by atoms with Crippen molar-refractivity contribution in [2.75, 3.05) is 7.11 Å². The summed E-state index contributed by atoms with van der Waals surface area (Å²) >= 11 is 0. The van der Waals surface area contributed by atoms with Gasteiger partial charge >= 0.3 is 0 Å². The van der Waals surface area contributed by atoms with Crippen molar-refractivity contribution in [2.24, 2.45) is 5.73 Å². The summed E-state index contributed by atoms with van der Waals surface area (Å²) in [5.74, 6) is 0.882. The minimum absolute atomic E-state index is 0.509. The Bertz CT molecular complexity index is 543. The summed E-state index contributed by atoms with van der Waals surface area (Å²) in [5.41, 5.74) is 11.3. The van der Waals surface area contributed by atoms with Crippen molar-refractivity contribution in [3.63, 3.8) is 0 Å². The van der Waals surface area contributed by atoms with Gasteiger partial charge in [0, 0.05) is 18.7 Å². The standard InChI is InChI=1S/C15H21N3O/c1-5-18-12(9-16)8-14(17-18)15-10(2)6-13(19-4)7-11(15)3/h6-8H,5,9,16H2,1-4H3. The first-order valence-corrected chi connectivity index (χ1v) is 6.53. The molecule has 4 heteroatoms. The van der Waals surface area contributed by atoms with Gasteiger partial charge in [0.15, 0.2) is 0 Å². The first-order chi connectivity index (χ1) is 9.10. The molecular formula is C15H21N3O. The average molecular weight is 259 g/mol. The van der Waals surface area contributed by atoms with E-state index in [4.69, 9.17) is 10.5 Å². The molecule has 0 saturated heterocycles. The molecule has 19 heavy (non-hydrogen) atoms. The van der Waals surface area contributed by atoms with E-state index in [2.05, 4.69) is 31.9 Å². The predicted octanol–water partition coefficient (Wildman–Crippen LogP) is 2.65. The van der Waals surface area contributed by atoms with E-state index < -0.39 is 0 Å². The first-order valence-electron chi connectivity index (χ1n) is 6.53. The van der Waals surface area contributed by atoms with E-state index in [-0.39, 0.29) is 0 Å². The summed E-state index contributed by atoms with van der Waals surface area (Å²) in [6, 6.07) is 6.15. The maximum absolute atomic E-state index is 5.76. The molecule has 1 aromatic carbocycles. The fourth-order valence-electron chi connectivity index (χ4n) is 2.46. The van der Waals surface area contributed by atoms with Crippen molar-refractivity contribution in [3.05, 3.63) is 35.0 Å². The number of ether oxygens (including phenoxy) is 1. The number of aromatic nitrogens is 2.